The predicted molar refractivity (Wildman–Crippen MR) is 72.7 cm³/mol. The summed E-state index contributed by atoms with van der Waals surface area (Å²) >= 11 is 0. The van der Waals surface area contributed by atoms with Crippen LogP contribution >= 0.6 is 0 Å². The Balaban J connectivity index is 2.31. The summed E-state index contributed by atoms with van der Waals surface area (Å²) in [7, 11) is 1.66. The lowest BCUT2D eigenvalue weighted by Crippen LogP contribution is -2.29. The van der Waals surface area contributed by atoms with E-state index < -0.39 is 0 Å². The Morgan fingerprint density at radius 1 is 1.39 bits per heavy atom. The van der Waals surface area contributed by atoms with Gasteiger partial charge in [0.15, 0.2) is 0 Å². The molecule has 1 N–H and O–H groups in total. The van der Waals surface area contributed by atoms with Crippen molar-refractivity contribution < 1.29 is 9.57 Å². The van der Waals surface area contributed by atoms with Gasteiger partial charge in [-0.25, -0.2) is 0 Å². The SMILES string of the molecule is CCC(C)c1ccc2c(c1)C(NOC)C(CC)O2. The molecule has 0 aliphatic carbocycles. The Morgan fingerprint density at radius 3 is 2.78 bits per heavy atom. The van der Waals surface area contributed by atoms with Gasteiger partial charge < -0.3 is 9.57 Å². The van der Waals surface area contributed by atoms with E-state index in [1.165, 1.54) is 11.1 Å². The van der Waals surface area contributed by atoms with Crippen molar-refractivity contribution >= 4 is 0 Å². The highest BCUT2D eigenvalue weighted by Gasteiger charge is 2.33. The second kappa shape index (κ2) is 5.72. The molecule has 100 valence electrons. The first-order valence-corrected chi connectivity index (χ1v) is 6.80. The fraction of sp³-hybridized carbons (Fsp3) is 0.600. The van der Waals surface area contributed by atoms with Gasteiger partial charge in [0.25, 0.3) is 0 Å². The van der Waals surface area contributed by atoms with Gasteiger partial charge in [0.05, 0.1) is 13.2 Å². The van der Waals surface area contributed by atoms with Gasteiger partial charge in [-0.1, -0.05) is 32.9 Å². The minimum Gasteiger partial charge on any atom is -0.488 e. The summed E-state index contributed by atoms with van der Waals surface area (Å²) in [5.41, 5.74) is 5.66. The third kappa shape index (κ3) is 2.38. The average molecular weight is 249 g/mol. The molecule has 3 heteroatoms. The van der Waals surface area contributed by atoms with Crippen molar-refractivity contribution in [2.45, 2.75) is 51.7 Å². The molecule has 3 nitrogen and oxygen atoms in total. The van der Waals surface area contributed by atoms with Crippen LogP contribution in [0.3, 0.4) is 0 Å². The third-order valence-corrected chi connectivity index (χ3v) is 3.85. The molecule has 0 fully saturated rings. The van der Waals surface area contributed by atoms with Crippen LogP contribution in [0.15, 0.2) is 18.2 Å². The molecule has 0 aromatic heterocycles. The van der Waals surface area contributed by atoms with Crippen LogP contribution in [0.2, 0.25) is 0 Å². The van der Waals surface area contributed by atoms with Gasteiger partial charge in [-0.3, -0.25) is 0 Å². The molecule has 2 rings (SSSR count). The van der Waals surface area contributed by atoms with Crippen molar-refractivity contribution in [3.8, 4) is 5.75 Å². The zero-order valence-corrected chi connectivity index (χ0v) is 11.7. The molecule has 0 amide bonds. The summed E-state index contributed by atoms with van der Waals surface area (Å²) in [5.74, 6) is 1.57. The van der Waals surface area contributed by atoms with Crippen molar-refractivity contribution in [1.82, 2.24) is 5.48 Å². The number of hydrogen-bond donors (Lipinski definition) is 1. The van der Waals surface area contributed by atoms with Crippen molar-refractivity contribution in [2.75, 3.05) is 7.11 Å². The zero-order valence-electron chi connectivity index (χ0n) is 11.7. The molecule has 0 bridgehead atoms. The van der Waals surface area contributed by atoms with Gasteiger partial charge in [-0.05, 0) is 30.4 Å². The summed E-state index contributed by atoms with van der Waals surface area (Å²) in [5, 5.41) is 0. The third-order valence-electron chi connectivity index (χ3n) is 3.85. The summed E-state index contributed by atoms with van der Waals surface area (Å²) < 4.78 is 5.95. The molecule has 1 aromatic carbocycles. The Morgan fingerprint density at radius 2 is 2.17 bits per heavy atom. The van der Waals surface area contributed by atoms with E-state index in [4.69, 9.17) is 9.57 Å². The van der Waals surface area contributed by atoms with Crippen LogP contribution in [-0.2, 0) is 4.84 Å². The highest BCUT2D eigenvalue weighted by Crippen LogP contribution is 2.39. The molecule has 18 heavy (non-hydrogen) atoms. The van der Waals surface area contributed by atoms with E-state index >= 15 is 0 Å². The molecule has 0 saturated carbocycles. The molecule has 1 heterocycles. The highest BCUT2D eigenvalue weighted by atomic mass is 16.6. The lowest BCUT2D eigenvalue weighted by Gasteiger charge is -2.17. The number of fused-ring (bicyclic) bond motifs is 1. The lowest BCUT2D eigenvalue weighted by molar-refractivity contribution is 0.0283. The maximum absolute atomic E-state index is 5.95. The van der Waals surface area contributed by atoms with E-state index in [-0.39, 0.29) is 12.1 Å². The van der Waals surface area contributed by atoms with E-state index in [1.54, 1.807) is 7.11 Å². The monoisotopic (exact) mass is 249 g/mol. The Kier molecular flexibility index (Phi) is 4.25. The highest BCUT2D eigenvalue weighted by molar-refractivity contribution is 5.44. The summed E-state index contributed by atoms with van der Waals surface area (Å²) in [6, 6.07) is 6.67. The van der Waals surface area contributed by atoms with E-state index in [0.29, 0.717) is 5.92 Å². The van der Waals surface area contributed by atoms with Crippen molar-refractivity contribution in [1.29, 1.82) is 0 Å². The van der Waals surface area contributed by atoms with E-state index in [9.17, 15) is 0 Å². The first-order chi connectivity index (χ1) is 8.71. The van der Waals surface area contributed by atoms with Crippen LogP contribution in [-0.4, -0.2) is 13.2 Å². The summed E-state index contributed by atoms with van der Waals surface area (Å²) in [6.07, 6.45) is 2.28. The summed E-state index contributed by atoms with van der Waals surface area (Å²) in [6.45, 7) is 6.61. The second-order valence-corrected chi connectivity index (χ2v) is 4.97. The van der Waals surface area contributed by atoms with Crippen LogP contribution in [0.1, 0.15) is 56.7 Å². The molecular formula is C15H23NO2. The number of nitrogens with one attached hydrogen (secondary N) is 1. The first kappa shape index (κ1) is 13.4. The molecule has 1 aliphatic rings. The molecular weight excluding hydrogens is 226 g/mol. The van der Waals surface area contributed by atoms with Crippen LogP contribution in [0, 0.1) is 0 Å². The number of rotatable bonds is 5. The topological polar surface area (TPSA) is 30.5 Å². The van der Waals surface area contributed by atoms with Gasteiger partial charge in [0.2, 0.25) is 0 Å². The standard InChI is InChI=1S/C15H23NO2/c1-5-10(3)11-7-8-14-12(9-11)15(16-17-4)13(6-2)18-14/h7-10,13,15-16H,5-6H2,1-4H3. The average Bonchev–Trinajstić information content (AvgIpc) is 2.75. The molecule has 1 aliphatic heterocycles. The quantitative estimate of drug-likeness (QED) is 0.809. The fourth-order valence-corrected chi connectivity index (χ4v) is 2.48. The van der Waals surface area contributed by atoms with Crippen molar-refractivity contribution in [3.63, 3.8) is 0 Å². The Hall–Kier alpha value is -1.06. The zero-order chi connectivity index (χ0) is 13.1. The molecule has 0 radical (unpaired) electrons. The van der Waals surface area contributed by atoms with Gasteiger partial charge in [0.1, 0.15) is 11.9 Å². The van der Waals surface area contributed by atoms with Crippen molar-refractivity contribution in [3.05, 3.63) is 29.3 Å². The van der Waals surface area contributed by atoms with E-state index in [1.807, 2.05) is 0 Å². The van der Waals surface area contributed by atoms with Crippen LogP contribution < -0.4 is 10.2 Å². The molecule has 1 aromatic rings. The normalized spacial score (nSPS) is 23.6. The Labute approximate surface area is 109 Å². The maximum Gasteiger partial charge on any atom is 0.124 e. The number of hydrogen-bond acceptors (Lipinski definition) is 3. The van der Waals surface area contributed by atoms with E-state index in [2.05, 4.69) is 44.5 Å². The lowest BCUT2D eigenvalue weighted by atomic mass is 9.94. The van der Waals surface area contributed by atoms with Crippen LogP contribution in [0.4, 0.5) is 0 Å². The number of ether oxygens (including phenoxy) is 1. The van der Waals surface area contributed by atoms with Gasteiger partial charge in [0, 0.05) is 5.56 Å². The molecule has 3 atom stereocenters. The number of hydroxylamine groups is 1. The molecule has 0 spiro atoms. The predicted octanol–water partition coefficient (Wildman–Crippen LogP) is 3.56. The van der Waals surface area contributed by atoms with Gasteiger partial charge >= 0.3 is 0 Å². The maximum atomic E-state index is 5.95. The van der Waals surface area contributed by atoms with Gasteiger partial charge in [-0.15, -0.1) is 0 Å². The Bertz CT molecular complexity index is 405. The van der Waals surface area contributed by atoms with Crippen LogP contribution in [0.5, 0.6) is 5.75 Å². The van der Waals surface area contributed by atoms with Crippen molar-refractivity contribution in [2.24, 2.45) is 0 Å². The largest absolute Gasteiger partial charge is 0.488 e. The molecule has 3 unspecified atom stereocenters. The second-order valence-electron chi connectivity index (χ2n) is 4.97. The number of benzene rings is 1. The van der Waals surface area contributed by atoms with E-state index in [0.717, 1.165) is 18.6 Å². The minimum atomic E-state index is 0.138. The first-order valence-electron chi connectivity index (χ1n) is 6.80. The summed E-state index contributed by atoms with van der Waals surface area (Å²) in [4.78, 5) is 5.11. The molecule has 0 saturated heterocycles. The smallest absolute Gasteiger partial charge is 0.124 e. The van der Waals surface area contributed by atoms with Crippen LogP contribution in [0.25, 0.3) is 0 Å². The minimum absolute atomic E-state index is 0.138. The fourth-order valence-electron chi connectivity index (χ4n) is 2.48. The van der Waals surface area contributed by atoms with Gasteiger partial charge in [-0.2, -0.15) is 5.48 Å².